The van der Waals surface area contributed by atoms with Gasteiger partial charge in [-0.3, -0.25) is 4.57 Å². The van der Waals surface area contributed by atoms with Gasteiger partial charge in [0, 0.05) is 11.2 Å². The Morgan fingerprint density at radius 2 is 2.00 bits per heavy atom. The molecule has 0 amide bonds. The van der Waals surface area contributed by atoms with Crippen molar-refractivity contribution in [1.82, 2.24) is 14.8 Å². The predicted molar refractivity (Wildman–Crippen MR) is 52.6 cm³/mol. The summed E-state index contributed by atoms with van der Waals surface area (Å²) in [5.41, 5.74) is 6.12. The first-order chi connectivity index (χ1) is 6.24. The van der Waals surface area contributed by atoms with E-state index in [2.05, 4.69) is 16.8 Å². The van der Waals surface area contributed by atoms with Gasteiger partial charge in [-0.15, -0.1) is 10.2 Å². The number of halogens is 1. The second kappa shape index (κ2) is 4.47. The minimum atomic E-state index is 0.437. The highest BCUT2D eigenvalue weighted by Gasteiger charge is 1.93. The highest BCUT2D eigenvalue weighted by Crippen LogP contribution is 2.06. The van der Waals surface area contributed by atoms with Crippen LogP contribution in [0.2, 0.25) is 0 Å². The van der Waals surface area contributed by atoms with Crippen LogP contribution >= 0.6 is 11.6 Å². The van der Waals surface area contributed by atoms with E-state index in [4.69, 9.17) is 17.3 Å². The summed E-state index contributed by atoms with van der Waals surface area (Å²) < 4.78 is 1.66. The number of allylic oxidation sites excluding steroid dienone is 4. The molecule has 1 heterocycles. The van der Waals surface area contributed by atoms with Gasteiger partial charge in [-0.25, -0.2) is 0 Å². The van der Waals surface area contributed by atoms with Crippen LogP contribution in [0.1, 0.15) is 0 Å². The minimum absolute atomic E-state index is 0.437. The molecule has 0 aliphatic rings. The highest BCUT2D eigenvalue weighted by molar-refractivity contribution is 6.30. The van der Waals surface area contributed by atoms with Gasteiger partial charge in [0.15, 0.2) is 0 Å². The van der Waals surface area contributed by atoms with Gasteiger partial charge in [-0.1, -0.05) is 18.2 Å². The van der Waals surface area contributed by atoms with Crippen LogP contribution < -0.4 is 5.73 Å². The Kier molecular flexibility index (Phi) is 3.28. The molecule has 1 aromatic heterocycles. The molecule has 0 bridgehead atoms. The van der Waals surface area contributed by atoms with E-state index in [1.54, 1.807) is 29.4 Å². The lowest BCUT2D eigenvalue weighted by Crippen LogP contribution is -1.94. The SMILES string of the molecule is C=C(Cl)/C=C\C(=C/N)n1cnnc1. The first kappa shape index (κ1) is 9.54. The molecule has 0 aliphatic heterocycles. The molecular weight excluding hydrogens is 188 g/mol. The fourth-order valence-electron chi connectivity index (χ4n) is 0.738. The molecule has 1 aromatic rings. The molecule has 4 nitrogen and oxygen atoms in total. The predicted octanol–water partition coefficient (Wildman–Crippen LogP) is 1.34. The van der Waals surface area contributed by atoms with Crippen molar-refractivity contribution in [3.8, 4) is 0 Å². The van der Waals surface area contributed by atoms with Crippen LogP contribution in [0.25, 0.3) is 5.70 Å². The second-order valence-corrected chi connectivity index (χ2v) is 2.73. The molecule has 0 spiro atoms. The Hall–Kier alpha value is -1.55. The fourth-order valence-corrected chi connectivity index (χ4v) is 0.801. The van der Waals surface area contributed by atoms with E-state index in [1.807, 2.05) is 0 Å². The third-order valence-electron chi connectivity index (χ3n) is 1.32. The number of hydrogen-bond donors (Lipinski definition) is 1. The lowest BCUT2D eigenvalue weighted by molar-refractivity contribution is 1.09. The quantitative estimate of drug-likeness (QED) is 0.743. The van der Waals surface area contributed by atoms with Crippen LogP contribution in [0.5, 0.6) is 0 Å². The summed E-state index contributed by atoms with van der Waals surface area (Å²) in [5.74, 6) is 0. The van der Waals surface area contributed by atoms with E-state index in [-0.39, 0.29) is 0 Å². The molecule has 0 aliphatic carbocycles. The van der Waals surface area contributed by atoms with Crippen molar-refractivity contribution < 1.29 is 0 Å². The summed E-state index contributed by atoms with van der Waals surface area (Å²) in [6.07, 6.45) is 7.87. The Bertz CT molecular complexity index is 337. The van der Waals surface area contributed by atoms with Gasteiger partial charge in [-0.05, 0) is 12.2 Å². The van der Waals surface area contributed by atoms with E-state index < -0.39 is 0 Å². The zero-order chi connectivity index (χ0) is 9.68. The molecule has 2 N–H and O–H groups in total. The van der Waals surface area contributed by atoms with Crippen molar-refractivity contribution in [1.29, 1.82) is 0 Å². The summed E-state index contributed by atoms with van der Waals surface area (Å²) in [7, 11) is 0. The number of nitrogens with zero attached hydrogens (tertiary/aromatic N) is 3. The zero-order valence-corrected chi connectivity index (χ0v) is 7.65. The van der Waals surface area contributed by atoms with Crippen molar-refractivity contribution in [3.05, 3.63) is 42.6 Å². The standard InChI is InChI=1S/C8H9ClN4/c1-7(9)2-3-8(4-10)13-5-11-12-6-13/h2-6H,1,10H2/b3-2-,8-4+. The first-order valence-electron chi connectivity index (χ1n) is 3.53. The van der Waals surface area contributed by atoms with E-state index in [9.17, 15) is 0 Å². The molecule has 13 heavy (non-hydrogen) atoms. The monoisotopic (exact) mass is 196 g/mol. The Balaban J connectivity index is 2.83. The number of nitrogens with two attached hydrogens (primary N) is 1. The molecule has 1 rings (SSSR count). The van der Waals surface area contributed by atoms with E-state index in [0.717, 1.165) is 5.70 Å². The van der Waals surface area contributed by atoms with Gasteiger partial charge in [0.25, 0.3) is 0 Å². The molecule has 0 fully saturated rings. The smallest absolute Gasteiger partial charge is 0.123 e. The lowest BCUT2D eigenvalue weighted by atomic mass is 10.4. The Labute approximate surface area is 81.0 Å². The maximum absolute atomic E-state index is 5.55. The van der Waals surface area contributed by atoms with Crippen LogP contribution in [-0.2, 0) is 0 Å². The third kappa shape index (κ3) is 2.76. The van der Waals surface area contributed by atoms with Crippen LogP contribution in [-0.4, -0.2) is 14.8 Å². The van der Waals surface area contributed by atoms with Crippen molar-refractivity contribution in [2.75, 3.05) is 0 Å². The van der Waals surface area contributed by atoms with Gasteiger partial charge < -0.3 is 5.73 Å². The molecule has 0 unspecified atom stereocenters. The molecule has 68 valence electrons. The maximum Gasteiger partial charge on any atom is 0.123 e. The molecule has 0 aromatic carbocycles. The normalized spacial score (nSPS) is 12.2. The fraction of sp³-hybridized carbons (Fsp3) is 0. The Morgan fingerprint density at radius 3 is 2.46 bits per heavy atom. The van der Waals surface area contributed by atoms with Gasteiger partial charge in [0.05, 0.1) is 5.70 Å². The van der Waals surface area contributed by atoms with Gasteiger partial charge in [0.2, 0.25) is 0 Å². The second-order valence-electron chi connectivity index (χ2n) is 2.24. The van der Waals surface area contributed by atoms with Crippen LogP contribution in [0, 0.1) is 0 Å². The van der Waals surface area contributed by atoms with Crippen molar-refractivity contribution >= 4 is 17.3 Å². The van der Waals surface area contributed by atoms with Crippen molar-refractivity contribution in [2.45, 2.75) is 0 Å². The zero-order valence-electron chi connectivity index (χ0n) is 6.89. The average Bonchev–Trinajstić information content (AvgIpc) is 2.58. The van der Waals surface area contributed by atoms with Gasteiger partial charge in [0.1, 0.15) is 12.7 Å². The van der Waals surface area contributed by atoms with Crippen molar-refractivity contribution in [2.24, 2.45) is 5.73 Å². The largest absolute Gasteiger partial charge is 0.403 e. The summed E-state index contributed by atoms with van der Waals surface area (Å²) in [4.78, 5) is 0. The summed E-state index contributed by atoms with van der Waals surface area (Å²) >= 11 is 5.55. The average molecular weight is 197 g/mol. The van der Waals surface area contributed by atoms with Gasteiger partial charge in [-0.2, -0.15) is 0 Å². The maximum atomic E-state index is 5.55. The van der Waals surface area contributed by atoms with Crippen molar-refractivity contribution in [3.63, 3.8) is 0 Å². The van der Waals surface area contributed by atoms with E-state index in [1.165, 1.54) is 6.20 Å². The minimum Gasteiger partial charge on any atom is -0.403 e. The summed E-state index contributed by atoms with van der Waals surface area (Å²) in [6.45, 7) is 3.51. The van der Waals surface area contributed by atoms with Gasteiger partial charge >= 0.3 is 0 Å². The van der Waals surface area contributed by atoms with E-state index in [0.29, 0.717) is 5.03 Å². The van der Waals surface area contributed by atoms with Crippen LogP contribution in [0.15, 0.2) is 42.6 Å². The molecule has 0 saturated carbocycles. The van der Waals surface area contributed by atoms with Crippen LogP contribution in [0.3, 0.4) is 0 Å². The number of hydrogen-bond acceptors (Lipinski definition) is 3. The first-order valence-corrected chi connectivity index (χ1v) is 3.91. The molecule has 0 saturated heterocycles. The summed E-state index contributed by atoms with van der Waals surface area (Å²) in [6, 6.07) is 0. The molecule has 0 atom stereocenters. The van der Waals surface area contributed by atoms with Crippen LogP contribution in [0.4, 0.5) is 0 Å². The van der Waals surface area contributed by atoms with E-state index >= 15 is 0 Å². The summed E-state index contributed by atoms with van der Waals surface area (Å²) in [5, 5.41) is 7.73. The highest BCUT2D eigenvalue weighted by atomic mass is 35.5. The molecule has 5 heteroatoms. The molecular formula is C8H9ClN4. The molecule has 0 radical (unpaired) electrons. The Morgan fingerprint density at radius 1 is 1.38 bits per heavy atom. The topological polar surface area (TPSA) is 56.7 Å². The number of aromatic nitrogens is 3. The number of rotatable bonds is 3. The lowest BCUT2D eigenvalue weighted by Gasteiger charge is -1.98. The third-order valence-corrected chi connectivity index (χ3v) is 1.45.